The molecule has 0 aliphatic carbocycles. The van der Waals surface area contributed by atoms with Crippen LogP contribution >= 0.6 is 10.7 Å². The fraction of sp³-hybridized carbons (Fsp3) is 0.286. The zero-order valence-corrected chi connectivity index (χ0v) is 10.5. The highest BCUT2D eigenvalue weighted by Crippen LogP contribution is 2.38. The first-order chi connectivity index (χ1) is 8.43. The topological polar surface area (TPSA) is 99.4 Å². The van der Waals surface area contributed by atoms with E-state index in [1.807, 2.05) is 0 Å². The van der Waals surface area contributed by atoms with Gasteiger partial charge in [0.1, 0.15) is 5.69 Å². The van der Waals surface area contributed by atoms with Crippen molar-refractivity contribution in [2.24, 2.45) is 0 Å². The van der Waals surface area contributed by atoms with E-state index in [0.717, 1.165) is 6.92 Å². The summed E-state index contributed by atoms with van der Waals surface area (Å²) in [5, 5.41) is 10.7. The zero-order valence-electron chi connectivity index (χ0n) is 8.93. The summed E-state index contributed by atoms with van der Waals surface area (Å²) < 4.78 is 62.0. The van der Waals surface area contributed by atoms with E-state index in [1.165, 1.54) is 0 Å². The third-order valence-electron chi connectivity index (χ3n) is 1.81. The highest BCUT2D eigenvalue weighted by atomic mass is 35.7. The van der Waals surface area contributed by atoms with Gasteiger partial charge in [0.15, 0.2) is 5.75 Å². The molecule has 0 spiro atoms. The molecule has 0 saturated carbocycles. The second-order valence-electron chi connectivity index (χ2n) is 3.13. The first-order valence-corrected chi connectivity index (χ1v) is 6.59. The van der Waals surface area contributed by atoms with Gasteiger partial charge in [-0.3, -0.25) is 15.1 Å². The molecule has 0 radical (unpaired) electrons. The summed E-state index contributed by atoms with van der Waals surface area (Å²) in [6.07, 6.45) is -4.85. The van der Waals surface area contributed by atoms with Crippen molar-refractivity contribution in [2.75, 3.05) is 0 Å². The van der Waals surface area contributed by atoms with Crippen LogP contribution in [0.15, 0.2) is 11.1 Å². The molecular weight excluding hydrogens is 317 g/mol. The van der Waals surface area contributed by atoms with Gasteiger partial charge in [-0.05, 0) is 6.92 Å². The van der Waals surface area contributed by atoms with Crippen molar-refractivity contribution < 1.29 is 31.2 Å². The van der Waals surface area contributed by atoms with Crippen molar-refractivity contribution in [3.05, 3.63) is 22.0 Å². The summed E-state index contributed by atoms with van der Waals surface area (Å²) in [6, 6.07) is 0. The molecule has 1 aromatic heterocycles. The number of alkyl halides is 3. The third kappa shape index (κ3) is 3.67. The number of nitrogens with zero attached hydrogens (tertiary/aromatic N) is 2. The Balaban J connectivity index is 3.67. The smallest absolute Gasteiger partial charge is 0.402 e. The second kappa shape index (κ2) is 4.81. The van der Waals surface area contributed by atoms with E-state index < -0.39 is 42.4 Å². The van der Waals surface area contributed by atoms with Gasteiger partial charge in [0.25, 0.3) is 9.05 Å². The number of pyridine rings is 1. The van der Waals surface area contributed by atoms with Crippen LogP contribution in [0.1, 0.15) is 5.69 Å². The lowest BCUT2D eigenvalue weighted by molar-refractivity contribution is -0.389. The minimum Gasteiger partial charge on any atom is -0.402 e. The Labute approximate surface area is 108 Å². The van der Waals surface area contributed by atoms with Gasteiger partial charge >= 0.3 is 12.0 Å². The van der Waals surface area contributed by atoms with Crippen LogP contribution in [-0.2, 0) is 9.05 Å². The van der Waals surface area contributed by atoms with Crippen LogP contribution in [0.4, 0.5) is 18.9 Å². The van der Waals surface area contributed by atoms with Gasteiger partial charge in [-0.1, -0.05) is 0 Å². The third-order valence-corrected chi connectivity index (χ3v) is 3.15. The molecule has 0 N–H and O–H groups in total. The Morgan fingerprint density at radius 3 is 2.37 bits per heavy atom. The maximum atomic E-state index is 12.1. The molecule has 0 fully saturated rings. The van der Waals surface area contributed by atoms with Crippen molar-refractivity contribution in [1.29, 1.82) is 0 Å². The average Bonchev–Trinajstić information content (AvgIpc) is 2.15. The molecule has 106 valence electrons. The van der Waals surface area contributed by atoms with Crippen LogP contribution in [0.3, 0.4) is 0 Å². The van der Waals surface area contributed by atoms with Gasteiger partial charge in [-0.25, -0.2) is 8.42 Å². The zero-order chi connectivity index (χ0) is 15.0. The minimum absolute atomic E-state index is 0.394. The lowest BCUT2D eigenvalue weighted by Crippen LogP contribution is -2.19. The minimum atomic E-state index is -5.25. The highest BCUT2D eigenvalue weighted by molar-refractivity contribution is 8.14. The monoisotopic (exact) mass is 320 g/mol. The molecule has 0 aliphatic rings. The van der Waals surface area contributed by atoms with Crippen LogP contribution < -0.4 is 4.74 Å². The van der Waals surface area contributed by atoms with Crippen LogP contribution in [-0.4, -0.2) is 24.7 Å². The summed E-state index contributed by atoms with van der Waals surface area (Å²) >= 11 is 0. The summed E-state index contributed by atoms with van der Waals surface area (Å²) in [6.45, 7) is 1.04. The second-order valence-corrected chi connectivity index (χ2v) is 5.63. The van der Waals surface area contributed by atoms with Crippen molar-refractivity contribution >= 4 is 25.4 Å². The Hall–Kier alpha value is -1.62. The maximum Gasteiger partial charge on any atom is 0.573 e. The van der Waals surface area contributed by atoms with Crippen LogP contribution in [0.2, 0.25) is 0 Å². The number of hydrogen-bond donors (Lipinski definition) is 0. The number of aryl methyl sites for hydroxylation is 1. The molecule has 1 rings (SSSR count). The molecule has 0 saturated heterocycles. The molecule has 1 aromatic rings. The number of rotatable bonds is 3. The Morgan fingerprint density at radius 2 is 2.00 bits per heavy atom. The van der Waals surface area contributed by atoms with Gasteiger partial charge in [0.05, 0.1) is 11.1 Å². The number of nitro groups is 1. The molecule has 0 unspecified atom stereocenters. The SMILES string of the molecule is Cc1ncc(OC(F)(F)F)c(S(=O)(=O)Cl)c1[N+](=O)[O-]. The number of hydrogen-bond acceptors (Lipinski definition) is 6. The van der Waals surface area contributed by atoms with E-state index in [-0.39, 0.29) is 0 Å². The Kier molecular flexibility index (Phi) is 3.91. The lowest BCUT2D eigenvalue weighted by atomic mass is 10.3. The molecule has 7 nitrogen and oxygen atoms in total. The van der Waals surface area contributed by atoms with Crippen molar-refractivity contribution in [3.8, 4) is 5.75 Å². The molecule has 1 heterocycles. The normalized spacial score (nSPS) is 12.3. The van der Waals surface area contributed by atoms with Gasteiger partial charge in [-0.2, -0.15) is 0 Å². The van der Waals surface area contributed by atoms with Crippen LogP contribution in [0.5, 0.6) is 5.75 Å². The highest BCUT2D eigenvalue weighted by Gasteiger charge is 2.38. The summed E-state index contributed by atoms with van der Waals surface area (Å²) in [5.74, 6) is -1.36. The summed E-state index contributed by atoms with van der Waals surface area (Å²) in [5.41, 5.74) is -1.59. The van der Waals surface area contributed by atoms with Crippen molar-refractivity contribution in [3.63, 3.8) is 0 Å². The first-order valence-electron chi connectivity index (χ1n) is 4.28. The maximum absolute atomic E-state index is 12.1. The molecule has 12 heteroatoms. The predicted molar refractivity (Wildman–Crippen MR) is 55.4 cm³/mol. The molecular formula is C7H4ClF3N2O5S. The largest absolute Gasteiger partial charge is 0.573 e. The molecule has 0 bridgehead atoms. The Morgan fingerprint density at radius 1 is 1.47 bits per heavy atom. The lowest BCUT2D eigenvalue weighted by Gasteiger charge is -2.11. The fourth-order valence-corrected chi connectivity index (χ4v) is 2.44. The molecule has 0 atom stereocenters. The van der Waals surface area contributed by atoms with Gasteiger partial charge in [0.2, 0.25) is 4.90 Å². The van der Waals surface area contributed by atoms with Crippen molar-refractivity contribution in [2.45, 2.75) is 18.2 Å². The van der Waals surface area contributed by atoms with E-state index in [2.05, 4.69) is 9.72 Å². The summed E-state index contributed by atoms with van der Waals surface area (Å²) in [7, 11) is 0.0679. The molecule has 19 heavy (non-hydrogen) atoms. The van der Waals surface area contributed by atoms with Gasteiger partial charge in [0, 0.05) is 10.7 Å². The standard InChI is InChI=1S/C7H4ClF3N2O5S/c1-3-5(13(14)15)6(19(8,16)17)4(2-12-3)18-7(9,10)11/h2H,1H3. The number of ether oxygens (including phenoxy) is 1. The van der Waals surface area contributed by atoms with E-state index >= 15 is 0 Å². The predicted octanol–water partition coefficient (Wildman–Crippen LogP) is 2.12. The quantitative estimate of drug-likeness (QED) is 0.480. The van der Waals surface area contributed by atoms with Crippen LogP contribution in [0, 0.1) is 17.0 Å². The molecule has 0 amide bonds. The van der Waals surface area contributed by atoms with E-state index in [4.69, 9.17) is 10.7 Å². The summed E-state index contributed by atoms with van der Waals surface area (Å²) in [4.78, 5) is 11.4. The van der Waals surface area contributed by atoms with Gasteiger partial charge in [-0.15, -0.1) is 13.2 Å². The molecule has 0 aliphatic heterocycles. The Bertz CT molecular complexity index is 630. The van der Waals surface area contributed by atoms with Crippen LogP contribution in [0.25, 0.3) is 0 Å². The molecule has 0 aromatic carbocycles. The van der Waals surface area contributed by atoms with E-state index in [1.54, 1.807) is 0 Å². The fourth-order valence-electron chi connectivity index (χ4n) is 1.20. The van der Waals surface area contributed by atoms with E-state index in [9.17, 15) is 31.7 Å². The number of aromatic nitrogens is 1. The van der Waals surface area contributed by atoms with E-state index in [0.29, 0.717) is 6.20 Å². The van der Waals surface area contributed by atoms with Crippen molar-refractivity contribution in [1.82, 2.24) is 4.98 Å². The average molecular weight is 321 g/mol. The van der Waals surface area contributed by atoms with Gasteiger partial charge < -0.3 is 4.74 Å². The number of halogens is 4. The first kappa shape index (κ1) is 15.4.